The number of nitrogen functional groups attached to an aromatic ring is 1. The summed E-state index contributed by atoms with van der Waals surface area (Å²) in [5.41, 5.74) is 10.5. The van der Waals surface area contributed by atoms with Crippen molar-refractivity contribution in [2.75, 3.05) is 5.73 Å². The molecule has 80 valence electrons. The number of fused-ring (bicyclic) bond motifs is 1. The third kappa shape index (κ3) is 1.58. The zero-order valence-electron chi connectivity index (χ0n) is 9.42. The van der Waals surface area contributed by atoms with Gasteiger partial charge >= 0.3 is 0 Å². The lowest BCUT2D eigenvalue weighted by molar-refractivity contribution is 0.526. The first kappa shape index (κ1) is 10.0. The van der Waals surface area contributed by atoms with E-state index in [4.69, 9.17) is 10.2 Å². The molecule has 0 unspecified atom stereocenters. The number of anilines is 1. The summed E-state index contributed by atoms with van der Waals surface area (Å²) in [6.07, 6.45) is 1.90. The van der Waals surface area contributed by atoms with Gasteiger partial charge in [0.25, 0.3) is 0 Å². The Kier molecular flexibility index (Phi) is 2.39. The summed E-state index contributed by atoms with van der Waals surface area (Å²) < 4.78 is 5.66. The quantitative estimate of drug-likeness (QED) is 0.765. The summed E-state index contributed by atoms with van der Waals surface area (Å²) in [6.45, 7) is 6.13. The highest BCUT2D eigenvalue weighted by Gasteiger charge is 2.12. The van der Waals surface area contributed by atoms with Gasteiger partial charge in [-0.3, -0.25) is 0 Å². The highest BCUT2D eigenvalue weighted by molar-refractivity contribution is 5.89. The number of oxazole rings is 1. The average Bonchev–Trinajstić information content (AvgIpc) is 2.60. The van der Waals surface area contributed by atoms with Crippen molar-refractivity contribution in [3.05, 3.63) is 23.1 Å². The molecule has 1 heterocycles. The van der Waals surface area contributed by atoms with Crippen molar-refractivity contribution < 1.29 is 4.42 Å². The van der Waals surface area contributed by atoms with Crippen LogP contribution in [-0.4, -0.2) is 4.98 Å². The maximum atomic E-state index is 5.96. The summed E-state index contributed by atoms with van der Waals surface area (Å²) in [6, 6.07) is 2.05. The van der Waals surface area contributed by atoms with Gasteiger partial charge in [-0.05, 0) is 31.4 Å². The van der Waals surface area contributed by atoms with E-state index in [0.29, 0.717) is 5.69 Å². The van der Waals surface area contributed by atoms with Crippen LogP contribution >= 0.6 is 0 Å². The molecular weight excluding hydrogens is 188 g/mol. The van der Waals surface area contributed by atoms with Gasteiger partial charge in [-0.15, -0.1) is 0 Å². The minimum absolute atomic E-state index is 0.713. The van der Waals surface area contributed by atoms with Gasteiger partial charge in [0.15, 0.2) is 11.5 Å². The third-order valence-corrected chi connectivity index (χ3v) is 2.61. The van der Waals surface area contributed by atoms with Gasteiger partial charge < -0.3 is 10.2 Å². The molecule has 0 atom stereocenters. The molecule has 0 radical (unpaired) electrons. The molecule has 0 aliphatic heterocycles. The Labute approximate surface area is 89.3 Å². The highest BCUT2D eigenvalue weighted by atomic mass is 16.3. The summed E-state index contributed by atoms with van der Waals surface area (Å²) in [5, 5.41) is 0. The van der Waals surface area contributed by atoms with Crippen LogP contribution in [0.25, 0.3) is 11.1 Å². The molecule has 2 aromatic rings. The standard InChI is InChI=1S/C12H16N2O/c1-4-5-9-14-11-8(3)6-7(2)10(13)12(11)15-9/h6H,4-5,13H2,1-3H3. The fourth-order valence-corrected chi connectivity index (χ4v) is 1.78. The molecule has 15 heavy (non-hydrogen) atoms. The Morgan fingerprint density at radius 2 is 2.07 bits per heavy atom. The molecule has 3 nitrogen and oxygen atoms in total. The predicted octanol–water partition coefficient (Wildman–Crippen LogP) is 2.98. The van der Waals surface area contributed by atoms with Crippen molar-refractivity contribution >= 4 is 16.8 Å². The van der Waals surface area contributed by atoms with Crippen LogP contribution in [0.15, 0.2) is 10.5 Å². The third-order valence-electron chi connectivity index (χ3n) is 2.61. The first-order chi connectivity index (χ1) is 7.13. The second kappa shape index (κ2) is 3.57. The first-order valence-corrected chi connectivity index (χ1v) is 5.28. The summed E-state index contributed by atoms with van der Waals surface area (Å²) in [7, 11) is 0. The first-order valence-electron chi connectivity index (χ1n) is 5.28. The zero-order chi connectivity index (χ0) is 11.0. The van der Waals surface area contributed by atoms with Gasteiger partial charge in [-0.2, -0.15) is 0 Å². The van der Waals surface area contributed by atoms with Crippen LogP contribution in [0.1, 0.15) is 30.4 Å². The molecule has 2 rings (SSSR count). The van der Waals surface area contributed by atoms with Crippen LogP contribution < -0.4 is 5.73 Å². The van der Waals surface area contributed by atoms with Crippen LogP contribution in [-0.2, 0) is 6.42 Å². The van der Waals surface area contributed by atoms with E-state index in [-0.39, 0.29) is 0 Å². The normalized spacial score (nSPS) is 11.1. The minimum atomic E-state index is 0.713. The van der Waals surface area contributed by atoms with E-state index >= 15 is 0 Å². The number of hydrogen-bond acceptors (Lipinski definition) is 3. The van der Waals surface area contributed by atoms with Crippen molar-refractivity contribution in [1.29, 1.82) is 0 Å². The van der Waals surface area contributed by atoms with E-state index in [1.807, 2.05) is 13.8 Å². The number of hydrogen-bond donors (Lipinski definition) is 1. The molecule has 0 saturated carbocycles. The lowest BCUT2D eigenvalue weighted by Gasteiger charge is -2.01. The number of nitrogens with two attached hydrogens (primary N) is 1. The second-order valence-corrected chi connectivity index (χ2v) is 3.96. The van der Waals surface area contributed by atoms with E-state index in [2.05, 4.69) is 18.0 Å². The monoisotopic (exact) mass is 204 g/mol. The fourth-order valence-electron chi connectivity index (χ4n) is 1.78. The molecule has 0 spiro atoms. The molecule has 3 heteroatoms. The van der Waals surface area contributed by atoms with Gasteiger partial charge in [-0.1, -0.05) is 13.0 Å². The molecule has 0 bridgehead atoms. The van der Waals surface area contributed by atoms with Crippen molar-refractivity contribution in [2.24, 2.45) is 0 Å². The summed E-state index contributed by atoms with van der Waals surface area (Å²) in [5.74, 6) is 0.785. The Bertz CT molecular complexity index is 500. The number of benzene rings is 1. The van der Waals surface area contributed by atoms with Crippen molar-refractivity contribution in [3.8, 4) is 0 Å². The van der Waals surface area contributed by atoms with Crippen molar-refractivity contribution in [3.63, 3.8) is 0 Å². The Hall–Kier alpha value is -1.51. The molecule has 1 aromatic heterocycles. The number of aryl methyl sites for hydroxylation is 3. The topological polar surface area (TPSA) is 52.0 Å². The number of aromatic nitrogens is 1. The van der Waals surface area contributed by atoms with Gasteiger partial charge in [0, 0.05) is 6.42 Å². The Balaban J connectivity index is 2.68. The Morgan fingerprint density at radius 3 is 2.73 bits per heavy atom. The molecular formula is C12H16N2O. The lowest BCUT2D eigenvalue weighted by atomic mass is 10.1. The van der Waals surface area contributed by atoms with E-state index in [1.54, 1.807) is 0 Å². The summed E-state index contributed by atoms with van der Waals surface area (Å²) >= 11 is 0. The van der Waals surface area contributed by atoms with Crippen LogP contribution in [0.3, 0.4) is 0 Å². The molecule has 0 aliphatic rings. The maximum absolute atomic E-state index is 5.96. The van der Waals surface area contributed by atoms with Gasteiger partial charge in [0.05, 0.1) is 5.69 Å². The average molecular weight is 204 g/mol. The molecule has 0 saturated heterocycles. The largest absolute Gasteiger partial charge is 0.438 e. The zero-order valence-corrected chi connectivity index (χ0v) is 9.42. The van der Waals surface area contributed by atoms with Crippen LogP contribution in [0, 0.1) is 13.8 Å². The van der Waals surface area contributed by atoms with Crippen LogP contribution in [0.5, 0.6) is 0 Å². The smallest absolute Gasteiger partial charge is 0.195 e. The number of rotatable bonds is 2. The SMILES string of the molecule is CCCc1nc2c(C)cc(C)c(N)c2o1. The highest BCUT2D eigenvalue weighted by Crippen LogP contribution is 2.28. The van der Waals surface area contributed by atoms with Gasteiger partial charge in [0.2, 0.25) is 0 Å². The van der Waals surface area contributed by atoms with E-state index < -0.39 is 0 Å². The predicted molar refractivity (Wildman–Crippen MR) is 61.9 cm³/mol. The van der Waals surface area contributed by atoms with Crippen LogP contribution in [0.2, 0.25) is 0 Å². The van der Waals surface area contributed by atoms with Crippen LogP contribution in [0.4, 0.5) is 5.69 Å². The van der Waals surface area contributed by atoms with E-state index in [1.165, 1.54) is 0 Å². The molecule has 0 aliphatic carbocycles. The second-order valence-electron chi connectivity index (χ2n) is 3.96. The van der Waals surface area contributed by atoms with Crippen molar-refractivity contribution in [2.45, 2.75) is 33.6 Å². The van der Waals surface area contributed by atoms with Gasteiger partial charge in [0.1, 0.15) is 5.52 Å². The van der Waals surface area contributed by atoms with Crippen molar-refractivity contribution in [1.82, 2.24) is 4.98 Å². The van der Waals surface area contributed by atoms with E-state index in [9.17, 15) is 0 Å². The maximum Gasteiger partial charge on any atom is 0.195 e. The molecule has 0 fully saturated rings. The molecule has 1 aromatic carbocycles. The lowest BCUT2D eigenvalue weighted by Crippen LogP contribution is -1.91. The Morgan fingerprint density at radius 1 is 1.33 bits per heavy atom. The molecule has 0 amide bonds. The van der Waals surface area contributed by atoms with E-state index in [0.717, 1.165) is 41.0 Å². The minimum Gasteiger partial charge on any atom is -0.438 e. The summed E-state index contributed by atoms with van der Waals surface area (Å²) in [4.78, 5) is 4.46. The molecule has 2 N–H and O–H groups in total. The fraction of sp³-hybridized carbons (Fsp3) is 0.417. The number of nitrogens with zero attached hydrogens (tertiary/aromatic N) is 1. The van der Waals surface area contributed by atoms with Gasteiger partial charge in [-0.25, -0.2) is 4.98 Å².